The van der Waals surface area contributed by atoms with E-state index < -0.39 is 0 Å². The van der Waals surface area contributed by atoms with Gasteiger partial charge in [-0.1, -0.05) is 23.5 Å². The van der Waals surface area contributed by atoms with Crippen molar-refractivity contribution in [1.82, 2.24) is 19.9 Å². The van der Waals surface area contributed by atoms with Crippen LogP contribution in [0, 0.1) is 5.82 Å². The van der Waals surface area contributed by atoms with Gasteiger partial charge >= 0.3 is 0 Å². The Morgan fingerprint density at radius 3 is 3.05 bits per heavy atom. The fourth-order valence-corrected chi connectivity index (χ4v) is 3.88. The number of rotatable bonds is 2. The second kappa shape index (κ2) is 4.64. The molecule has 1 aromatic carbocycles. The van der Waals surface area contributed by atoms with E-state index in [2.05, 4.69) is 15.4 Å². The second-order valence-electron chi connectivity index (χ2n) is 4.95. The van der Waals surface area contributed by atoms with E-state index in [0.717, 1.165) is 29.9 Å². The van der Waals surface area contributed by atoms with Crippen LogP contribution in [0.15, 0.2) is 30.6 Å². The lowest BCUT2D eigenvalue weighted by Gasteiger charge is -2.23. The fraction of sp³-hybridized carbons (Fsp3) is 0.286. The molecule has 0 saturated carbocycles. The molecule has 1 N–H and O–H groups in total. The monoisotopic (exact) mass is 288 g/mol. The molecule has 0 spiro atoms. The number of hydrogen-bond donors (Lipinski definition) is 1. The average Bonchev–Trinajstić information content (AvgIpc) is 3.03. The molecule has 0 saturated heterocycles. The van der Waals surface area contributed by atoms with Gasteiger partial charge in [0, 0.05) is 23.9 Å². The van der Waals surface area contributed by atoms with E-state index in [0.29, 0.717) is 0 Å². The fourth-order valence-electron chi connectivity index (χ4n) is 2.73. The van der Waals surface area contributed by atoms with E-state index in [4.69, 9.17) is 0 Å². The normalized spacial score (nSPS) is 18.4. The van der Waals surface area contributed by atoms with Crippen LogP contribution in [0.4, 0.5) is 4.39 Å². The maximum Gasteiger partial charge on any atom is 0.212 e. The third kappa shape index (κ3) is 1.92. The number of nitrogens with zero attached hydrogens (tertiary/aromatic N) is 3. The molecular weight excluding hydrogens is 275 g/mol. The Balaban J connectivity index is 1.68. The molecule has 2 aromatic heterocycles. The molecule has 0 fully saturated rings. The molecule has 4 nitrogen and oxygen atoms in total. The van der Waals surface area contributed by atoms with Crippen molar-refractivity contribution >= 4 is 16.3 Å². The highest BCUT2D eigenvalue weighted by molar-refractivity contribution is 7.17. The number of benzene rings is 1. The molecule has 1 unspecified atom stereocenters. The van der Waals surface area contributed by atoms with E-state index in [1.54, 1.807) is 17.7 Å². The summed E-state index contributed by atoms with van der Waals surface area (Å²) in [6, 6.07) is 6.99. The molecule has 0 radical (unpaired) electrons. The van der Waals surface area contributed by atoms with Gasteiger partial charge in [0.2, 0.25) is 4.96 Å². The van der Waals surface area contributed by atoms with Gasteiger partial charge in [-0.3, -0.25) is 0 Å². The Morgan fingerprint density at radius 1 is 1.35 bits per heavy atom. The summed E-state index contributed by atoms with van der Waals surface area (Å²) < 4.78 is 14.9. The molecule has 4 rings (SSSR count). The molecular formula is C14H13FN4S. The number of nitrogens with one attached hydrogen (secondary N) is 1. The molecule has 1 aliphatic heterocycles. The zero-order chi connectivity index (χ0) is 13.5. The van der Waals surface area contributed by atoms with E-state index >= 15 is 0 Å². The maximum absolute atomic E-state index is 13.0. The van der Waals surface area contributed by atoms with Gasteiger partial charge in [-0.05, 0) is 24.1 Å². The lowest BCUT2D eigenvalue weighted by atomic mass is 10.00. The molecule has 3 heterocycles. The molecule has 1 atom stereocenters. The first-order chi connectivity index (χ1) is 9.81. The van der Waals surface area contributed by atoms with Crippen LogP contribution in [-0.2, 0) is 12.8 Å². The largest absolute Gasteiger partial charge is 0.309 e. The number of aromatic nitrogens is 3. The van der Waals surface area contributed by atoms with Crippen molar-refractivity contribution in [3.05, 3.63) is 52.5 Å². The van der Waals surface area contributed by atoms with Crippen LogP contribution in [0.1, 0.15) is 22.2 Å². The van der Waals surface area contributed by atoms with Crippen LogP contribution in [0.25, 0.3) is 4.96 Å². The first-order valence-electron chi connectivity index (χ1n) is 6.60. The summed E-state index contributed by atoms with van der Waals surface area (Å²) in [6.07, 6.45) is 3.43. The molecule has 0 bridgehead atoms. The standard InChI is InChI=1S/C14H13FN4S/c15-10-3-1-9(2-4-10)7-11-13-12(5-6-16-11)19-14(20-13)17-8-18-19/h1-4,8,11,16H,5-7H2. The lowest BCUT2D eigenvalue weighted by Crippen LogP contribution is -2.30. The van der Waals surface area contributed by atoms with Crippen LogP contribution in [0.5, 0.6) is 0 Å². The van der Waals surface area contributed by atoms with Crippen molar-refractivity contribution in [2.75, 3.05) is 6.54 Å². The molecule has 1 aliphatic rings. The van der Waals surface area contributed by atoms with Crippen LogP contribution in [-0.4, -0.2) is 21.1 Å². The van der Waals surface area contributed by atoms with Gasteiger partial charge in [0.05, 0.1) is 5.69 Å². The summed E-state index contributed by atoms with van der Waals surface area (Å²) in [6.45, 7) is 0.935. The Bertz CT molecular complexity index is 746. The third-order valence-electron chi connectivity index (χ3n) is 3.68. The van der Waals surface area contributed by atoms with E-state index in [1.165, 1.54) is 22.7 Å². The van der Waals surface area contributed by atoms with Gasteiger partial charge in [0.15, 0.2) is 0 Å². The lowest BCUT2D eigenvalue weighted by molar-refractivity contribution is 0.500. The van der Waals surface area contributed by atoms with Crippen molar-refractivity contribution in [1.29, 1.82) is 0 Å². The molecule has 6 heteroatoms. The van der Waals surface area contributed by atoms with Crippen LogP contribution >= 0.6 is 11.3 Å². The topological polar surface area (TPSA) is 42.2 Å². The van der Waals surface area contributed by atoms with Crippen molar-refractivity contribution in [2.24, 2.45) is 0 Å². The van der Waals surface area contributed by atoms with Gasteiger partial charge in [0.1, 0.15) is 12.1 Å². The van der Waals surface area contributed by atoms with E-state index in [1.807, 2.05) is 16.6 Å². The van der Waals surface area contributed by atoms with Crippen LogP contribution < -0.4 is 5.32 Å². The van der Waals surface area contributed by atoms with E-state index in [-0.39, 0.29) is 11.9 Å². The highest BCUT2D eigenvalue weighted by Crippen LogP contribution is 2.32. The number of halogens is 1. The molecule has 102 valence electrons. The van der Waals surface area contributed by atoms with Gasteiger partial charge < -0.3 is 5.32 Å². The summed E-state index contributed by atoms with van der Waals surface area (Å²) in [5.41, 5.74) is 2.39. The van der Waals surface area contributed by atoms with Crippen molar-refractivity contribution in [3.8, 4) is 0 Å². The Hall–Kier alpha value is -1.79. The minimum absolute atomic E-state index is 0.190. The van der Waals surface area contributed by atoms with Crippen LogP contribution in [0.3, 0.4) is 0 Å². The highest BCUT2D eigenvalue weighted by Gasteiger charge is 2.25. The van der Waals surface area contributed by atoms with Crippen molar-refractivity contribution in [3.63, 3.8) is 0 Å². The predicted molar refractivity (Wildman–Crippen MR) is 75.4 cm³/mol. The zero-order valence-electron chi connectivity index (χ0n) is 10.7. The smallest absolute Gasteiger partial charge is 0.212 e. The van der Waals surface area contributed by atoms with Crippen molar-refractivity contribution in [2.45, 2.75) is 18.9 Å². The van der Waals surface area contributed by atoms with Gasteiger partial charge in [-0.25, -0.2) is 13.9 Å². The highest BCUT2D eigenvalue weighted by atomic mass is 32.1. The summed E-state index contributed by atoms with van der Waals surface area (Å²) in [5, 5.41) is 7.82. The first-order valence-corrected chi connectivity index (χ1v) is 7.42. The summed E-state index contributed by atoms with van der Waals surface area (Å²) in [7, 11) is 0. The Kier molecular flexibility index (Phi) is 2.78. The number of hydrogen-bond acceptors (Lipinski definition) is 4. The second-order valence-corrected chi connectivity index (χ2v) is 5.96. The summed E-state index contributed by atoms with van der Waals surface area (Å²) >= 11 is 1.69. The number of thiazole rings is 1. The van der Waals surface area contributed by atoms with Crippen LogP contribution in [0.2, 0.25) is 0 Å². The van der Waals surface area contributed by atoms with Gasteiger partial charge in [-0.15, -0.1) is 0 Å². The SMILES string of the molecule is Fc1ccc(CC2NCCc3c2sc2ncnn32)cc1. The molecule has 20 heavy (non-hydrogen) atoms. The Labute approximate surface area is 119 Å². The predicted octanol–water partition coefficient (Wildman–Crippen LogP) is 2.36. The molecule has 0 aliphatic carbocycles. The van der Waals surface area contributed by atoms with E-state index in [9.17, 15) is 4.39 Å². The maximum atomic E-state index is 13.0. The quantitative estimate of drug-likeness (QED) is 0.787. The zero-order valence-corrected chi connectivity index (χ0v) is 11.5. The average molecular weight is 288 g/mol. The van der Waals surface area contributed by atoms with Gasteiger partial charge in [0.25, 0.3) is 0 Å². The third-order valence-corrected chi connectivity index (χ3v) is 4.88. The summed E-state index contributed by atoms with van der Waals surface area (Å²) in [5.74, 6) is -0.190. The number of fused-ring (bicyclic) bond motifs is 3. The minimum atomic E-state index is -0.190. The Morgan fingerprint density at radius 2 is 2.20 bits per heavy atom. The van der Waals surface area contributed by atoms with Crippen molar-refractivity contribution < 1.29 is 4.39 Å². The van der Waals surface area contributed by atoms with Gasteiger partial charge in [-0.2, -0.15) is 5.10 Å². The minimum Gasteiger partial charge on any atom is -0.309 e. The molecule has 0 amide bonds. The summed E-state index contributed by atoms with van der Waals surface area (Å²) in [4.78, 5) is 6.52. The first kappa shape index (κ1) is 12.0. The molecule has 3 aromatic rings.